The van der Waals surface area contributed by atoms with Gasteiger partial charge in [0.15, 0.2) is 0 Å². The van der Waals surface area contributed by atoms with E-state index < -0.39 is 58.4 Å². The molecule has 0 saturated heterocycles. The Morgan fingerprint density at radius 1 is 1.08 bits per heavy atom. The molecule has 0 aliphatic rings. The second-order valence-electron chi connectivity index (χ2n) is 5.08. The predicted octanol–water partition coefficient (Wildman–Crippen LogP) is 2.34. The highest BCUT2D eigenvalue weighted by molar-refractivity contribution is 7.91. The van der Waals surface area contributed by atoms with Gasteiger partial charge in [-0.3, -0.25) is 4.79 Å². The van der Waals surface area contributed by atoms with E-state index in [0.29, 0.717) is 12.1 Å². The Bertz CT molecular complexity index is 1280. The minimum absolute atomic E-state index is 0.242. The average Bonchev–Trinajstić information content (AvgIpc) is 2.54. The number of aromatic nitrogens is 2. The van der Waals surface area contributed by atoms with Crippen molar-refractivity contribution in [3.05, 3.63) is 66.8 Å². The van der Waals surface area contributed by atoms with Crippen LogP contribution < -0.4 is 11.2 Å². The zero-order chi connectivity index (χ0) is 19.4. The summed E-state index contributed by atoms with van der Waals surface area (Å²) in [6.07, 6.45) is 0. The molecule has 12 heteroatoms. The third-order valence-corrected chi connectivity index (χ3v) is 5.79. The molecule has 0 spiro atoms. The molecule has 7 nitrogen and oxygen atoms in total. The first kappa shape index (κ1) is 18.4. The predicted molar refractivity (Wildman–Crippen MR) is 87.8 cm³/mol. The number of fused-ring (bicyclic) bond motifs is 1. The first-order valence-electron chi connectivity index (χ1n) is 6.61. The van der Waals surface area contributed by atoms with Crippen molar-refractivity contribution in [1.29, 1.82) is 0 Å². The Labute approximate surface area is 152 Å². The van der Waals surface area contributed by atoms with Gasteiger partial charge in [0.25, 0.3) is 5.56 Å². The second-order valence-corrected chi connectivity index (χ2v) is 7.81. The van der Waals surface area contributed by atoms with Crippen LogP contribution in [0.4, 0.5) is 8.78 Å². The molecule has 0 aliphatic carbocycles. The van der Waals surface area contributed by atoms with E-state index in [0.717, 1.165) is 12.1 Å². The fourth-order valence-electron chi connectivity index (χ4n) is 2.31. The van der Waals surface area contributed by atoms with Gasteiger partial charge in [0, 0.05) is 5.02 Å². The van der Waals surface area contributed by atoms with Gasteiger partial charge in [0.1, 0.15) is 11.6 Å². The summed E-state index contributed by atoms with van der Waals surface area (Å²) in [5, 5.41) is 7.55. The average molecular weight is 423 g/mol. The van der Waals surface area contributed by atoms with Gasteiger partial charge < -0.3 is 10.2 Å². The summed E-state index contributed by atoms with van der Waals surface area (Å²) < 4.78 is 52.8. The zero-order valence-corrected chi connectivity index (χ0v) is 14.6. The van der Waals surface area contributed by atoms with Crippen LogP contribution in [0.15, 0.2) is 43.6 Å². The molecule has 0 unspecified atom stereocenters. The van der Waals surface area contributed by atoms with Crippen LogP contribution in [0.5, 0.6) is 0 Å². The molecule has 0 saturated carbocycles. The lowest BCUT2D eigenvalue weighted by molar-refractivity contribution is 0.162. The molecule has 1 aromatic heterocycles. The number of benzene rings is 2. The van der Waals surface area contributed by atoms with E-state index >= 15 is 0 Å². The molecule has 0 radical (unpaired) electrons. The Balaban J connectivity index is 2.51. The molecule has 2 aromatic carbocycles. The lowest BCUT2D eigenvalue weighted by Gasteiger charge is -2.11. The van der Waals surface area contributed by atoms with Crippen LogP contribution in [0.2, 0.25) is 10.0 Å². The van der Waals surface area contributed by atoms with Crippen molar-refractivity contribution in [3.8, 4) is 0 Å². The maximum Gasteiger partial charge on any atom is 0.362 e. The molecular formula is C14H6Cl2F2N2O5S. The molecule has 136 valence electrons. The van der Waals surface area contributed by atoms with Gasteiger partial charge in [-0.2, -0.15) is 0 Å². The molecule has 1 heterocycles. The van der Waals surface area contributed by atoms with Crippen LogP contribution in [0.3, 0.4) is 0 Å². The highest BCUT2D eigenvalue weighted by Gasteiger charge is 2.27. The van der Waals surface area contributed by atoms with Crippen molar-refractivity contribution in [2.24, 2.45) is 0 Å². The minimum Gasteiger partial charge on any atom is -0.421 e. The lowest BCUT2D eigenvalue weighted by Crippen LogP contribution is -2.34. The maximum absolute atomic E-state index is 14.1. The van der Waals surface area contributed by atoms with E-state index in [1.165, 1.54) is 0 Å². The van der Waals surface area contributed by atoms with Crippen LogP contribution in [-0.4, -0.2) is 23.3 Å². The van der Waals surface area contributed by atoms with Crippen molar-refractivity contribution in [1.82, 2.24) is 9.71 Å². The molecular weight excluding hydrogens is 417 g/mol. The maximum atomic E-state index is 14.1. The first-order valence-corrected chi connectivity index (χ1v) is 8.85. The van der Waals surface area contributed by atoms with Crippen molar-refractivity contribution < 1.29 is 22.4 Å². The Morgan fingerprint density at radius 3 is 2.35 bits per heavy atom. The summed E-state index contributed by atoms with van der Waals surface area (Å²) in [5.41, 5.74) is -3.45. The number of sulfone groups is 1. The highest BCUT2D eigenvalue weighted by atomic mass is 35.5. The summed E-state index contributed by atoms with van der Waals surface area (Å²) in [6.45, 7) is 0. The zero-order valence-electron chi connectivity index (χ0n) is 12.3. The second kappa shape index (κ2) is 6.08. The normalized spacial score (nSPS) is 11.8. The van der Waals surface area contributed by atoms with Crippen LogP contribution in [-0.2, 0) is 9.84 Å². The van der Waals surface area contributed by atoms with Crippen molar-refractivity contribution in [2.75, 3.05) is 0 Å². The van der Waals surface area contributed by atoms with E-state index in [-0.39, 0.29) is 9.75 Å². The van der Waals surface area contributed by atoms with Crippen LogP contribution in [0, 0.1) is 11.6 Å². The summed E-state index contributed by atoms with van der Waals surface area (Å²) >= 11 is 11.3. The molecule has 26 heavy (non-hydrogen) atoms. The molecule has 2 N–H and O–H groups in total. The number of nitrogens with zero attached hydrogens (tertiary/aromatic N) is 1. The first-order chi connectivity index (χ1) is 12.0. The van der Waals surface area contributed by atoms with E-state index in [1.807, 2.05) is 4.98 Å². The van der Waals surface area contributed by atoms with Crippen LogP contribution in [0.1, 0.15) is 0 Å². The summed E-state index contributed by atoms with van der Waals surface area (Å²) in [7, 11) is -4.62. The lowest BCUT2D eigenvalue weighted by atomic mass is 10.2. The molecule has 0 amide bonds. The fraction of sp³-hybridized carbons (Fsp3) is 0. The number of hydrogen-bond acceptors (Lipinski definition) is 5. The monoisotopic (exact) mass is 422 g/mol. The molecule has 0 aliphatic heterocycles. The van der Waals surface area contributed by atoms with Crippen LogP contribution in [0.25, 0.3) is 10.9 Å². The number of rotatable bonds is 2. The Morgan fingerprint density at radius 2 is 1.73 bits per heavy atom. The van der Waals surface area contributed by atoms with Gasteiger partial charge in [-0.25, -0.2) is 22.0 Å². The molecule has 0 fully saturated rings. The molecule has 0 atom stereocenters. The van der Waals surface area contributed by atoms with E-state index in [1.54, 1.807) is 0 Å². The van der Waals surface area contributed by atoms with Crippen LogP contribution >= 0.6 is 23.2 Å². The number of aromatic amines is 1. The SMILES string of the molecule is O=c1[nH]c2c(S(=O)(=O)c3cc(F)cc(Cl)c3)cc(F)c(Cl)c2c(=O)n1O. The fourth-order valence-corrected chi connectivity index (χ4v) is 4.31. The number of halogens is 4. The molecule has 0 bridgehead atoms. The van der Waals surface area contributed by atoms with Crippen molar-refractivity contribution in [3.63, 3.8) is 0 Å². The quantitative estimate of drug-likeness (QED) is 0.616. The highest BCUT2D eigenvalue weighted by Crippen LogP contribution is 2.32. The summed E-state index contributed by atoms with van der Waals surface area (Å²) in [4.78, 5) is 24.1. The number of hydrogen-bond donors (Lipinski definition) is 2. The van der Waals surface area contributed by atoms with Gasteiger partial charge in [-0.1, -0.05) is 27.9 Å². The van der Waals surface area contributed by atoms with Gasteiger partial charge in [0.05, 0.1) is 25.7 Å². The summed E-state index contributed by atoms with van der Waals surface area (Å²) in [6, 6.07) is 2.86. The van der Waals surface area contributed by atoms with E-state index in [4.69, 9.17) is 23.2 Å². The largest absolute Gasteiger partial charge is 0.421 e. The molecule has 3 aromatic rings. The van der Waals surface area contributed by atoms with Gasteiger partial charge >= 0.3 is 5.69 Å². The topological polar surface area (TPSA) is 109 Å². The number of H-pyrrole nitrogens is 1. The standard InChI is InChI=1S/C14H6Cl2F2N2O5S/c15-5-1-6(17)3-7(2-5)26(24,25)9-4-8(18)11(16)10-12(9)19-14(22)20(23)13(10)21/h1-4,23H,(H,19,22). The summed E-state index contributed by atoms with van der Waals surface area (Å²) in [5.74, 6) is -2.27. The Kier molecular flexibility index (Phi) is 4.29. The smallest absolute Gasteiger partial charge is 0.362 e. The van der Waals surface area contributed by atoms with Gasteiger partial charge in [0.2, 0.25) is 9.84 Å². The van der Waals surface area contributed by atoms with E-state index in [9.17, 15) is 32.0 Å². The van der Waals surface area contributed by atoms with Gasteiger partial charge in [-0.05, 0) is 24.3 Å². The van der Waals surface area contributed by atoms with Crippen molar-refractivity contribution in [2.45, 2.75) is 9.79 Å². The van der Waals surface area contributed by atoms with Gasteiger partial charge in [-0.15, -0.1) is 0 Å². The third-order valence-electron chi connectivity index (χ3n) is 3.45. The minimum atomic E-state index is -4.62. The molecule has 3 rings (SSSR count). The third kappa shape index (κ3) is 2.75. The Hall–Kier alpha value is -2.43. The number of nitrogens with one attached hydrogen (secondary N) is 1. The van der Waals surface area contributed by atoms with Crippen molar-refractivity contribution >= 4 is 43.9 Å². The van der Waals surface area contributed by atoms with E-state index in [2.05, 4.69) is 0 Å².